The highest BCUT2D eigenvalue weighted by Crippen LogP contribution is 2.18. The summed E-state index contributed by atoms with van der Waals surface area (Å²) in [6.45, 7) is 8.08. The molecule has 0 aromatic carbocycles. The molecule has 1 aliphatic heterocycles. The third-order valence-corrected chi connectivity index (χ3v) is 3.68. The lowest BCUT2D eigenvalue weighted by molar-refractivity contribution is 0.265. The maximum absolute atomic E-state index is 5.55. The van der Waals surface area contributed by atoms with Crippen molar-refractivity contribution in [3.8, 4) is 0 Å². The summed E-state index contributed by atoms with van der Waals surface area (Å²) in [7, 11) is 0. The van der Waals surface area contributed by atoms with Crippen LogP contribution in [-0.2, 0) is 6.42 Å². The summed E-state index contributed by atoms with van der Waals surface area (Å²) >= 11 is 1.52. The lowest BCUT2D eigenvalue weighted by Gasteiger charge is -2.33. The number of nitrogens with zero attached hydrogens (tertiary/aromatic N) is 4. The van der Waals surface area contributed by atoms with Crippen molar-refractivity contribution in [2.24, 2.45) is 5.73 Å². The first-order valence-corrected chi connectivity index (χ1v) is 6.60. The quantitative estimate of drug-likeness (QED) is 0.815. The number of anilines is 1. The molecule has 1 aromatic rings. The van der Waals surface area contributed by atoms with Crippen molar-refractivity contribution in [1.82, 2.24) is 14.3 Å². The van der Waals surface area contributed by atoms with Gasteiger partial charge in [-0.05, 0) is 0 Å². The van der Waals surface area contributed by atoms with Gasteiger partial charge in [0.1, 0.15) is 5.82 Å². The van der Waals surface area contributed by atoms with E-state index in [9.17, 15) is 0 Å². The summed E-state index contributed by atoms with van der Waals surface area (Å²) in [5.74, 6) is 0.962. The van der Waals surface area contributed by atoms with Crippen LogP contribution in [0.5, 0.6) is 0 Å². The first-order valence-electron chi connectivity index (χ1n) is 5.83. The molecule has 16 heavy (non-hydrogen) atoms. The fraction of sp³-hybridized carbons (Fsp3) is 0.800. The van der Waals surface area contributed by atoms with Gasteiger partial charge < -0.3 is 10.6 Å². The smallest absolute Gasteiger partial charge is 0.205 e. The van der Waals surface area contributed by atoms with Crippen LogP contribution in [0.2, 0.25) is 0 Å². The molecule has 1 aromatic heterocycles. The first-order chi connectivity index (χ1) is 7.83. The Hall–Kier alpha value is -0.720. The number of hydrogen-bond donors (Lipinski definition) is 1. The van der Waals surface area contributed by atoms with Gasteiger partial charge in [0.05, 0.1) is 0 Å². The SMILES string of the molecule is CCc1nsc(N2CCN(CCN)CC2)n1. The van der Waals surface area contributed by atoms with E-state index in [4.69, 9.17) is 5.73 Å². The van der Waals surface area contributed by atoms with E-state index in [1.165, 1.54) is 11.5 Å². The summed E-state index contributed by atoms with van der Waals surface area (Å²) in [5, 5.41) is 1.07. The predicted octanol–water partition coefficient (Wildman–Crippen LogP) is 0.181. The molecule has 5 nitrogen and oxygen atoms in total. The Morgan fingerprint density at radius 3 is 2.62 bits per heavy atom. The standard InChI is InChI=1S/C10H19N5S/c1-2-9-12-10(16-13-9)15-7-5-14(4-3-11)6-8-15/h2-8,11H2,1H3. The molecule has 1 fully saturated rings. The van der Waals surface area contributed by atoms with Crippen LogP contribution in [0.25, 0.3) is 0 Å². The van der Waals surface area contributed by atoms with E-state index in [1.54, 1.807) is 0 Å². The lowest BCUT2D eigenvalue weighted by Crippen LogP contribution is -2.47. The molecule has 2 N–H and O–H groups in total. The molecule has 90 valence electrons. The fourth-order valence-electron chi connectivity index (χ4n) is 1.86. The minimum absolute atomic E-state index is 0.749. The average Bonchev–Trinajstić information content (AvgIpc) is 2.79. The van der Waals surface area contributed by atoms with Crippen LogP contribution < -0.4 is 10.6 Å². The van der Waals surface area contributed by atoms with Gasteiger partial charge in [0, 0.05) is 57.2 Å². The first kappa shape index (κ1) is 11.8. The molecule has 0 bridgehead atoms. The van der Waals surface area contributed by atoms with E-state index < -0.39 is 0 Å². The summed E-state index contributed by atoms with van der Waals surface area (Å²) in [5.41, 5.74) is 5.55. The van der Waals surface area contributed by atoms with Gasteiger partial charge in [0.2, 0.25) is 5.13 Å². The van der Waals surface area contributed by atoms with E-state index in [0.29, 0.717) is 0 Å². The second-order valence-electron chi connectivity index (χ2n) is 3.96. The van der Waals surface area contributed by atoms with Crippen LogP contribution in [0.15, 0.2) is 0 Å². The van der Waals surface area contributed by atoms with Crippen molar-refractivity contribution < 1.29 is 0 Å². The Kier molecular flexibility index (Phi) is 4.09. The van der Waals surface area contributed by atoms with E-state index in [1.807, 2.05) is 0 Å². The molecule has 0 spiro atoms. The average molecular weight is 241 g/mol. The molecule has 6 heteroatoms. The molecule has 0 atom stereocenters. The summed E-state index contributed by atoms with van der Waals surface area (Å²) in [6.07, 6.45) is 0.920. The van der Waals surface area contributed by atoms with Crippen molar-refractivity contribution in [1.29, 1.82) is 0 Å². The molecule has 0 saturated carbocycles. The van der Waals surface area contributed by atoms with Gasteiger partial charge in [-0.3, -0.25) is 4.90 Å². The summed E-state index contributed by atoms with van der Waals surface area (Å²) in [6, 6.07) is 0. The van der Waals surface area contributed by atoms with E-state index in [0.717, 1.165) is 56.6 Å². The van der Waals surface area contributed by atoms with E-state index >= 15 is 0 Å². The van der Waals surface area contributed by atoms with Crippen LogP contribution in [0.4, 0.5) is 5.13 Å². The zero-order chi connectivity index (χ0) is 11.4. The van der Waals surface area contributed by atoms with Crippen molar-refractivity contribution >= 4 is 16.7 Å². The third kappa shape index (κ3) is 2.69. The van der Waals surface area contributed by atoms with Crippen LogP contribution in [0, 0.1) is 0 Å². The molecule has 0 amide bonds. The number of rotatable bonds is 4. The monoisotopic (exact) mass is 241 g/mol. The van der Waals surface area contributed by atoms with E-state index in [2.05, 4.69) is 26.1 Å². The Morgan fingerprint density at radius 1 is 1.31 bits per heavy atom. The number of aromatic nitrogens is 2. The molecule has 0 radical (unpaired) electrons. The normalized spacial score (nSPS) is 18.0. The molecular formula is C10H19N5S. The topological polar surface area (TPSA) is 58.3 Å². The fourth-order valence-corrected chi connectivity index (χ4v) is 2.66. The Bertz CT molecular complexity index is 319. The van der Waals surface area contributed by atoms with Crippen molar-refractivity contribution in [2.75, 3.05) is 44.2 Å². The van der Waals surface area contributed by atoms with Crippen LogP contribution in [-0.4, -0.2) is 53.5 Å². The minimum atomic E-state index is 0.749. The zero-order valence-electron chi connectivity index (χ0n) is 9.72. The molecule has 0 aliphatic carbocycles. The molecular weight excluding hydrogens is 222 g/mol. The number of hydrogen-bond acceptors (Lipinski definition) is 6. The predicted molar refractivity (Wildman–Crippen MR) is 67.0 cm³/mol. The highest BCUT2D eigenvalue weighted by atomic mass is 32.1. The van der Waals surface area contributed by atoms with Gasteiger partial charge in [0.25, 0.3) is 0 Å². The lowest BCUT2D eigenvalue weighted by atomic mass is 10.3. The molecule has 0 unspecified atom stereocenters. The van der Waals surface area contributed by atoms with Gasteiger partial charge in [0.15, 0.2) is 0 Å². The highest BCUT2D eigenvalue weighted by molar-refractivity contribution is 7.09. The van der Waals surface area contributed by atoms with Crippen molar-refractivity contribution in [3.05, 3.63) is 5.82 Å². The Labute approximate surface area is 100 Å². The maximum atomic E-state index is 5.55. The largest absolute Gasteiger partial charge is 0.344 e. The zero-order valence-corrected chi connectivity index (χ0v) is 10.5. The van der Waals surface area contributed by atoms with E-state index in [-0.39, 0.29) is 0 Å². The van der Waals surface area contributed by atoms with Gasteiger partial charge in [-0.25, -0.2) is 4.98 Å². The molecule has 1 aliphatic rings. The van der Waals surface area contributed by atoms with Crippen molar-refractivity contribution in [3.63, 3.8) is 0 Å². The Balaban J connectivity index is 1.88. The van der Waals surface area contributed by atoms with Crippen molar-refractivity contribution in [2.45, 2.75) is 13.3 Å². The number of aryl methyl sites for hydroxylation is 1. The van der Waals surface area contributed by atoms with Gasteiger partial charge >= 0.3 is 0 Å². The Morgan fingerprint density at radius 2 is 2.06 bits per heavy atom. The third-order valence-electron chi connectivity index (χ3n) is 2.86. The van der Waals surface area contributed by atoms with Gasteiger partial charge in [-0.1, -0.05) is 6.92 Å². The second kappa shape index (κ2) is 5.56. The number of piperazine rings is 1. The van der Waals surface area contributed by atoms with Crippen LogP contribution >= 0.6 is 11.5 Å². The van der Waals surface area contributed by atoms with Gasteiger partial charge in [-0.15, -0.1) is 0 Å². The molecule has 2 heterocycles. The van der Waals surface area contributed by atoms with Crippen LogP contribution in [0.3, 0.4) is 0 Å². The maximum Gasteiger partial charge on any atom is 0.205 e. The molecule has 1 saturated heterocycles. The molecule has 2 rings (SSSR count). The minimum Gasteiger partial charge on any atom is -0.344 e. The highest BCUT2D eigenvalue weighted by Gasteiger charge is 2.18. The van der Waals surface area contributed by atoms with Crippen LogP contribution in [0.1, 0.15) is 12.7 Å². The summed E-state index contributed by atoms with van der Waals surface area (Å²) in [4.78, 5) is 9.24. The van der Waals surface area contributed by atoms with Gasteiger partial charge in [-0.2, -0.15) is 4.37 Å². The summed E-state index contributed by atoms with van der Waals surface area (Å²) < 4.78 is 4.32. The number of nitrogens with two attached hydrogens (primary N) is 1. The second-order valence-corrected chi connectivity index (χ2v) is 4.69.